The van der Waals surface area contributed by atoms with E-state index in [0.29, 0.717) is 6.54 Å². The second-order valence-electron chi connectivity index (χ2n) is 7.30. The van der Waals surface area contributed by atoms with Crippen molar-refractivity contribution in [2.24, 2.45) is 5.92 Å². The van der Waals surface area contributed by atoms with E-state index in [1.165, 1.54) is 0 Å². The fraction of sp³-hybridized carbons (Fsp3) is 0.273. The quantitative estimate of drug-likeness (QED) is 0.562. The first-order valence-corrected chi connectivity index (χ1v) is 10.7. The Morgan fingerprint density at radius 2 is 1.90 bits per heavy atom. The number of aromatic nitrogens is 3. The molecule has 4 heterocycles. The molecule has 1 N–H and O–H groups in total. The minimum atomic E-state index is 0.0522. The largest absolute Gasteiger partial charge is 0.355 e. The molecule has 5 rings (SSSR count). The van der Waals surface area contributed by atoms with E-state index in [4.69, 9.17) is 0 Å². The number of hydrogen-bond acceptors (Lipinski definition) is 6. The summed E-state index contributed by atoms with van der Waals surface area (Å²) in [6.07, 6.45) is 5.10. The van der Waals surface area contributed by atoms with Crippen molar-refractivity contribution in [2.75, 3.05) is 18.0 Å². The molecule has 0 bridgehead atoms. The fourth-order valence-electron chi connectivity index (χ4n) is 3.91. The number of thiophene rings is 1. The Morgan fingerprint density at radius 3 is 2.72 bits per heavy atom. The number of hydrogen-bond donors (Lipinski definition) is 1. The molecule has 146 valence electrons. The van der Waals surface area contributed by atoms with Gasteiger partial charge in [-0.1, -0.05) is 30.3 Å². The first-order chi connectivity index (χ1) is 14.3. The van der Waals surface area contributed by atoms with Gasteiger partial charge in [-0.05, 0) is 30.5 Å². The third kappa shape index (κ3) is 3.53. The molecule has 7 heteroatoms. The zero-order valence-corrected chi connectivity index (χ0v) is 16.7. The Morgan fingerprint density at radius 1 is 1.07 bits per heavy atom. The Bertz CT molecular complexity index is 1150. The van der Waals surface area contributed by atoms with Crippen molar-refractivity contribution in [1.29, 1.82) is 0 Å². The highest BCUT2D eigenvalue weighted by atomic mass is 32.1. The minimum absolute atomic E-state index is 0.0522. The molecule has 1 fully saturated rings. The van der Waals surface area contributed by atoms with Crippen LogP contribution in [0.4, 0.5) is 5.82 Å². The highest BCUT2D eigenvalue weighted by Crippen LogP contribution is 2.37. The Labute approximate surface area is 172 Å². The summed E-state index contributed by atoms with van der Waals surface area (Å²) < 4.78 is 1.08. The van der Waals surface area contributed by atoms with E-state index in [9.17, 15) is 4.79 Å². The van der Waals surface area contributed by atoms with Crippen LogP contribution >= 0.6 is 11.3 Å². The van der Waals surface area contributed by atoms with Crippen LogP contribution in [0.25, 0.3) is 20.4 Å². The lowest BCUT2D eigenvalue weighted by molar-refractivity contribution is -0.125. The molecule has 3 aromatic heterocycles. The van der Waals surface area contributed by atoms with E-state index in [1.807, 2.05) is 42.6 Å². The van der Waals surface area contributed by atoms with Gasteiger partial charge in [0.1, 0.15) is 17.0 Å². The molecule has 1 aliphatic heterocycles. The van der Waals surface area contributed by atoms with E-state index < -0.39 is 0 Å². The molecule has 0 spiro atoms. The summed E-state index contributed by atoms with van der Waals surface area (Å²) in [6.45, 7) is 2.22. The van der Waals surface area contributed by atoms with E-state index in [-0.39, 0.29) is 11.8 Å². The lowest BCUT2D eigenvalue weighted by Gasteiger charge is -2.32. The number of carbonyl (C=O) groups excluding carboxylic acids is 1. The summed E-state index contributed by atoms with van der Waals surface area (Å²) in [4.78, 5) is 29.4. The van der Waals surface area contributed by atoms with Gasteiger partial charge in [0.2, 0.25) is 5.91 Å². The summed E-state index contributed by atoms with van der Waals surface area (Å²) in [5.41, 5.74) is 2.09. The second kappa shape index (κ2) is 7.75. The van der Waals surface area contributed by atoms with Crippen LogP contribution in [0.2, 0.25) is 0 Å². The number of pyridine rings is 1. The highest BCUT2D eigenvalue weighted by Gasteiger charge is 2.27. The van der Waals surface area contributed by atoms with Crippen molar-refractivity contribution < 1.29 is 4.79 Å². The molecule has 0 saturated carbocycles. The van der Waals surface area contributed by atoms with Crippen LogP contribution < -0.4 is 10.2 Å². The summed E-state index contributed by atoms with van der Waals surface area (Å²) in [6, 6.07) is 14.0. The molecular weight excluding hydrogens is 382 g/mol. The normalized spacial score (nSPS) is 15.1. The van der Waals surface area contributed by atoms with Gasteiger partial charge in [-0.3, -0.25) is 4.79 Å². The van der Waals surface area contributed by atoms with Gasteiger partial charge in [0, 0.05) is 37.1 Å². The number of amides is 1. The number of nitrogens with one attached hydrogen (secondary N) is 1. The highest BCUT2D eigenvalue weighted by molar-refractivity contribution is 7.25. The maximum atomic E-state index is 12.6. The monoisotopic (exact) mass is 403 g/mol. The van der Waals surface area contributed by atoms with Crippen molar-refractivity contribution in [1.82, 2.24) is 20.3 Å². The van der Waals surface area contributed by atoms with Gasteiger partial charge in [0.25, 0.3) is 0 Å². The van der Waals surface area contributed by atoms with Crippen molar-refractivity contribution in [3.8, 4) is 0 Å². The van der Waals surface area contributed by atoms with Crippen molar-refractivity contribution in [2.45, 2.75) is 19.4 Å². The second-order valence-corrected chi connectivity index (χ2v) is 8.30. The van der Waals surface area contributed by atoms with Crippen LogP contribution in [0.5, 0.6) is 0 Å². The number of rotatable bonds is 4. The Kier molecular flexibility index (Phi) is 4.81. The Balaban J connectivity index is 1.28. The molecule has 1 amide bonds. The SMILES string of the molecule is O=C(NCc1ccccc1)C1CCN(c2ncnc3c2sc2ncccc23)CC1. The van der Waals surface area contributed by atoms with Gasteiger partial charge >= 0.3 is 0 Å². The van der Waals surface area contributed by atoms with Gasteiger partial charge in [0.05, 0.1) is 10.2 Å². The number of benzene rings is 1. The maximum absolute atomic E-state index is 12.6. The third-order valence-corrected chi connectivity index (χ3v) is 6.58. The molecule has 0 unspecified atom stereocenters. The average molecular weight is 404 g/mol. The molecule has 0 atom stereocenters. The minimum Gasteiger partial charge on any atom is -0.355 e. The van der Waals surface area contributed by atoms with Crippen molar-refractivity contribution >= 4 is 43.5 Å². The molecule has 29 heavy (non-hydrogen) atoms. The topological polar surface area (TPSA) is 71.0 Å². The van der Waals surface area contributed by atoms with Crippen LogP contribution in [0.1, 0.15) is 18.4 Å². The first-order valence-electron chi connectivity index (χ1n) is 9.84. The van der Waals surface area contributed by atoms with Gasteiger partial charge in [-0.15, -0.1) is 11.3 Å². The summed E-state index contributed by atoms with van der Waals surface area (Å²) in [7, 11) is 0. The van der Waals surface area contributed by atoms with Gasteiger partial charge in [0.15, 0.2) is 0 Å². The van der Waals surface area contributed by atoms with Gasteiger partial charge in [-0.2, -0.15) is 0 Å². The summed E-state index contributed by atoms with van der Waals surface area (Å²) in [5, 5.41) is 4.16. The zero-order valence-electron chi connectivity index (χ0n) is 15.9. The molecule has 1 saturated heterocycles. The number of anilines is 1. The Hall–Kier alpha value is -3.06. The lowest BCUT2D eigenvalue weighted by atomic mass is 9.96. The van der Waals surface area contributed by atoms with Crippen LogP contribution in [-0.4, -0.2) is 33.9 Å². The standard InChI is InChI=1S/C22H21N5OS/c28-21(24-13-15-5-2-1-3-6-15)16-8-11-27(12-9-16)20-19-18(25-14-26-20)17-7-4-10-23-22(17)29-19/h1-7,10,14,16H,8-9,11-13H2,(H,24,28). The van der Waals surface area contributed by atoms with Gasteiger partial charge < -0.3 is 10.2 Å². The van der Waals surface area contributed by atoms with E-state index in [1.54, 1.807) is 17.7 Å². The smallest absolute Gasteiger partial charge is 0.223 e. The van der Waals surface area contributed by atoms with Crippen molar-refractivity contribution in [3.63, 3.8) is 0 Å². The molecular formula is C22H21N5OS. The predicted molar refractivity (Wildman–Crippen MR) is 116 cm³/mol. The first kappa shape index (κ1) is 18.0. The fourth-order valence-corrected chi connectivity index (χ4v) is 5.02. The molecule has 0 aliphatic carbocycles. The van der Waals surface area contributed by atoms with Crippen molar-refractivity contribution in [3.05, 3.63) is 60.6 Å². The van der Waals surface area contributed by atoms with Crippen LogP contribution in [0, 0.1) is 5.92 Å². The van der Waals surface area contributed by atoms with E-state index in [2.05, 4.69) is 31.2 Å². The predicted octanol–water partition coefficient (Wildman–Crippen LogP) is 3.77. The average Bonchev–Trinajstić information content (AvgIpc) is 3.17. The zero-order chi connectivity index (χ0) is 19.6. The van der Waals surface area contributed by atoms with Crippen LogP contribution in [0.15, 0.2) is 55.0 Å². The summed E-state index contributed by atoms with van der Waals surface area (Å²) in [5.74, 6) is 1.16. The maximum Gasteiger partial charge on any atom is 0.223 e. The number of piperidine rings is 1. The number of carbonyl (C=O) groups is 1. The van der Waals surface area contributed by atoms with Crippen LogP contribution in [-0.2, 0) is 11.3 Å². The molecule has 0 radical (unpaired) electrons. The van der Waals surface area contributed by atoms with Gasteiger partial charge in [-0.25, -0.2) is 15.0 Å². The van der Waals surface area contributed by atoms with Crippen LogP contribution in [0.3, 0.4) is 0 Å². The number of nitrogens with zero attached hydrogens (tertiary/aromatic N) is 4. The molecule has 1 aliphatic rings. The summed E-state index contributed by atoms with van der Waals surface area (Å²) >= 11 is 1.64. The van der Waals surface area contributed by atoms with E-state index >= 15 is 0 Å². The van der Waals surface area contributed by atoms with E-state index in [0.717, 1.165) is 57.7 Å². The lowest BCUT2D eigenvalue weighted by Crippen LogP contribution is -2.40. The number of fused-ring (bicyclic) bond motifs is 3. The third-order valence-electron chi connectivity index (χ3n) is 5.48. The molecule has 6 nitrogen and oxygen atoms in total. The molecule has 1 aromatic carbocycles. The molecule has 4 aromatic rings.